The average molecular weight is 733 g/mol. The Bertz CT molecular complexity index is 2280. The number of aromatic nitrogens is 3. The maximum atomic E-state index is 14.2. The highest BCUT2D eigenvalue weighted by Gasteiger charge is 2.31. The third kappa shape index (κ3) is 7.45. The molecule has 272 valence electrons. The first-order valence-electron chi connectivity index (χ1n) is 17.8. The fraction of sp³-hybridized carbons (Fsp3) is 0.317. The lowest BCUT2D eigenvalue weighted by Gasteiger charge is -2.27. The number of fused-ring (bicyclic) bond motifs is 3. The molecule has 0 saturated heterocycles. The van der Waals surface area contributed by atoms with Gasteiger partial charge in [0.05, 0.1) is 23.4 Å². The minimum atomic E-state index is -0.631. The van der Waals surface area contributed by atoms with Crippen molar-refractivity contribution in [3.63, 3.8) is 0 Å². The van der Waals surface area contributed by atoms with Crippen molar-refractivity contribution in [3.8, 4) is 0 Å². The second kappa shape index (κ2) is 14.6. The van der Waals surface area contributed by atoms with Crippen molar-refractivity contribution >= 4 is 40.8 Å². The highest BCUT2D eigenvalue weighted by atomic mass is 35.5. The number of ketones is 1. The molecule has 0 fully saturated rings. The lowest BCUT2D eigenvalue weighted by molar-refractivity contribution is 0.00682. The number of hydrogen-bond donors (Lipinski definition) is 3. The summed E-state index contributed by atoms with van der Waals surface area (Å²) in [5.74, 6) is -1.69. The number of amides is 2. The lowest BCUT2D eigenvalue weighted by Crippen LogP contribution is -2.39. The summed E-state index contributed by atoms with van der Waals surface area (Å²) in [4.78, 5) is 59.1. The number of ether oxygens (including phenoxy) is 1. The molecule has 2 aliphatic rings. The second-order valence-corrected chi connectivity index (χ2v) is 15.0. The van der Waals surface area contributed by atoms with Gasteiger partial charge in [0.1, 0.15) is 17.0 Å². The van der Waals surface area contributed by atoms with Gasteiger partial charge in [0.25, 0.3) is 11.8 Å². The van der Waals surface area contributed by atoms with Crippen LogP contribution in [0.4, 0.5) is 0 Å². The topological polar surface area (TPSA) is 144 Å². The van der Waals surface area contributed by atoms with Gasteiger partial charge in [-0.25, -0.2) is 14.3 Å². The maximum Gasteiger partial charge on any atom is 0.338 e. The van der Waals surface area contributed by atoms with E-state index in [1.807, 2.05) is 45.9 Å². The zero-order chi connectivity index (χ0) is 37.4. The van der Waals surface area contributed by atoms with E-state index >= 15 is 0 Å². The maximum absolute atomic E-state index is 14.2. The molecule has 53 heavy (non-hydrogen) atoms. The highest BCUT2D eigenvalue weighted by Crippen LogP contribution is 2.35. The Morgan fingerprint density at radius 1 is 0.962 bits per heavy atom. The molecule has 7 rings (SSSR count). The lowest BCUT2D eigenvalue weighted by atomic mass is 9.94. The molecule has 2 amide bonds. The quantitative estimate of drug-likeness (QED) is 0.122. The van der Waals surface area contributed by atoms with Crippen molar-refractivity contribution in [1.82, 2.24) is 30.5 Å². The van der Waals surface area contributed by atoms with Gasteiger partial charge in [0.2, 0.25) is 0 Å². The summed E-state index contributed by atoms with van der Waals surface area (Å²) in [5, 5.41) is 14.4. The van der Waals surface area contributed by atoms with Crippen LogP contribution in [0, 0.1) is 6.92 Å². The largest absolute Gasteiger partial charge is 0.456 e. The Morgan fingerprint density at radius 3 is 2.53 bits per heavy atom. The number of carbonyl (C=O) groups is 4. The van der Waals surface area contributed by atoms with Gasteiger partial charge in [-0.15, -0.1) is 0 Å². The van der Waals surface area contributed by atoms with Crippen LogP contribution in [0.3, 0.4) is 0 Å². The van der Waals surface area contributed by atoms with Gasteiger partial charge in [-0.1, -0.05) is 60.1 Å². The standard InChI is InChI=1S/C41H41ClN6O5/c1-23-26-15-16-32(29(26)14-13-27(23)40(52)53-41(2,3)4)47-39(51)35-20-33(38(50)44-22-34-28-11-7-5-9-24(28)17-18-43-34)46-37-30(21-45-48(35)37)36(49)19-25-10-6-8-12-31(25)42/h5-14,20-21,32,34,43H,15-19,22H2,1-4H3,(H,44,50)(H,47,51)/t32-,34?/m0/s1. The Kier molecular flexibility index (Phi) is 9.89. The first-order valence-corrected chi connectivity index (χ1v) is 18.2. The molecule has 11 nitrogen and oxygen atoms in total. The van der Waals surface area contributed by atoms with Crippen molar-refractivity contribution in [2.45, 2.75) is 71.1 Å². The molecular weight excluding hydrogens is 692 g/mol. The molecular formula is C41H41ClN6O5. The summed E-state index contributed by atoms with van der Waals surface area (Å²) < 4.78 is 6.92. The number of halogens is 1. The minimum Gasteiger partial charge on any atom is -0.456 e. The normalized spacial score (nSPS) is 16.5. The van der Waals surface area contributed by atoms with Crippen LogP contribution in [-0.4, -0.2) is 56.9 Å². The van der Waals surface area contributed by atoms with E-state index in [9.17, 15) is 19.2 Å². The van der Waals surface area contributed by atoms with Gasteiger partial charge >= 0.3 is 5.97 Å². The molecule has 1 aliphatic carbocycles. The van der Waals surface area contributed by atoms with Gasteiger partial charge in [-0.2, -0.15) is 5.10 Å². The van der Waals surface area contributed by atoms with Crippen LogP contribution >= 0.6 is 11.6 Å². The number of carbonyl (C=O) groups excluding carboxylic acids is 4. The summed E-state index contributed by atoms with van der Waals surface area (Å²) in [6, 6.07) is 19.7. The minimum absolute atomic E-state index is 0.0170. The molecule has 2 aromatic heterocycles. The molecule has 1 unspecified atom stereocenters. The van der Waals surface area contributed by atoms with Crippen molar-refractivity contribution in [2.24, 2.45) is 0 Å². The van der Waals surface area contributed by atoms with E-state index in [0.717, 1.165) is 35.2 Å². The van der Waals surface area contributed by atoms with Crippen LogP contribution in [0.2, 0.25) is 5.02 Å². The summed E-state index contributed by atoms with van der Waals surface area (Å²) in [5.41, 5.74) is 5.84. The zero-order valence-electron chi connectivity index (χ0n) is 30.1. The number of nitrogens with zero attached hydrogens (tertiary/aromatic N) is 3. The fourth-order valence-electron chi connectivity index (χ4n) is 7.22. The van der Waals surface area contributed by atoms with Gasteiger partial charge in [-0.05, 0) is 99.0 Å². The van der Waals surface area contributed by atoms with Gasteiger partial charge in [0.15, 0.2) is 11.4 Å². The van der Waals surface area contributed by atoms with Crippen LogP contribution in [0.25, 0.3) is 5.65 Å². The molecule has 12 heteroatoms. The monoisotopic (exact) mass is 732 g/mol. The van der Waals surface area contributed by atoms with Crippen molar-refractivity contribution in [3.05, 3.63) is 134 Å². The summed E-state index contributed by atoms with van der Waals surface area (Å²) >= 11 is 6.37. The van der Waals surface area contributed by atoms with Crippen molar-refractivity contribution < 1.29 is 23.9 Å². The Morgan fingerprint density at radius 2 is 1.74 bits per heavy atom. The number of benzene rings is 3. The predicted octanol–water partition coefficient (Wildman–Crippen LogP) is 6.11. The third-order valence-electron chi connectivity index (χ3n) is 9.85. The molecule has 0 saturated carbocycles. The number of hydrogen-bond acceptors (Lipinski definition) is 8. The van der Waals surface area contributed by atoms with Gasteiger partial charge in [0, 0.05) is 30.1 Å². The van der Waals surface area contributed by atoms with Crippen LogP contribution in [0.1, 0.15) is 114 Å². The highest BCUT2D eigenvalue weighted by molar-refractivity contribution is 6.31. The molecule has 0 bridgehead atoms. The molecule has 3 N–H and O–H groups in total. The molecule has 1 aliphatic heterocycles. The van der Waals surface area contributed by atoms with E-state index in [1.165, 1.54) is 22.3 Å². The van der Waals surface area contributed by atoms with Gasteiger partial charge in [-0.3, -0.25) is 14.4 Å². The first-order chi connectivity index (χ1) is 25.4. The summed E-state index contributed by atoms with van der Waals surface area (Å²) in [6.45, 7) is 8.46. The summed E-state index contributed by atoms with van der Waals surface area (Å²) in [6.07, 6.45) is 3.52. The van der Waals surface area contributed by atoms with E-state index in [4.69, 9.17) is 16.3 Å². The first kappa shape index (κ1) is 36.0. The smallest absolute Gasteiger partial charge is 0.338 e. The number of Topliss-reactive ketones (excluding diaryl/α,β-unsaturated/α-hetero) is 1. The number of nitrogens with one attached hydrogen (secondary N) is 3. The SMILES string of the molecule is Cc1c(C(=O)OC(C)(C)C)ccc2c1CC[C@@H]2NC(=O)c1cc(C(=O)NCC2NCCc3ccccc32)nc2c(C(=O)Cc3ccccc3Cl)cnn12. The fourth-order valence-corrected chi connectivity index (χ4v) is 7.43. The Hall–Kier alpha value is -5.39. The average Bonchev–Trinajstić information content (AvgIpc) is 3.75. The van der Waals surface area contributed by atoms with Crippen LogP contribution in [0.5, 0.6) is 0 Å². The Balaban J connectivity index is 1.19. The van der Waals surface area contributed by atoms with Gasteiger partial charge < -0.3 is 20.7 Å². The van der Waals surface area contributed by atoms with Crippen molar-refractivity contribution in [1.29, 1.82) is 0 Å². The van der Waals surface area contributed by atoms with E-state index < -0.39 is 23.4 Å². The van der Waals surface area contributed by atoms with E-state index in [-0.39, 0.29) is 46.9 Å². The second-order valence-electron chi connectivity index (χ2n) is 14.5. The molecule has 2 atom stereocenters. The van der Waals surface area contributed by atoms with E-state index in [0.29, 0.717) is 35.5 Å². The van der Waals surface area contributed by atoms with Crippen LogP contribution < -0.4 is 16.0 Å². The molecule has 5 aromatic rings. The molecule has 0 spiro atoms. The number of esters is 1. The van der Waals surface area contributed by atoms with Crippen LogP contribution in [-0.2, 0) is 24.0 Å². The Labute approximate surface area is 312 Å². The predicted molar refractivity (Wildman–Crippen MR) is 201 cm³/mol. The van der Waals surface area contributed by atoms with E-state index in [1.54, 1.807) is 30.3 Å². The van der Waals surface area contributed by atoms with Crippen molar-refractivity contribution in [2.75, 3.05) is 13.1 Å². The molecule has 3 aromatic carbocycles. The van der Waals surface area contributed by atoms with E-state index in [2.05, 4.69) is 38.2 Å². The number of rotatable bonds is 9. The van der Waals surface area contributed by atoms with Crippen LogP contribution in [0.15, 0.2) is 72.9 Å². The molecule has 0 radical (unpaired) electrons. The molecule has 3 heterocycles. The third-order valence-corrected chi connectivity index (χ3v) is 10.2. The zero-order valence-corrected chi connectivity index (χ0v) is 30.8. The summed E-state index contributed by atoms with van der Waals surface area (Å²) in [7, 11) is 0.